The second-order valence-corrected chi connectivity index (χ2v) is 10.2. The van der Waals surface area contributed by atoms with E-state index < -0.39 is 0 Å². The van der Waals surface area contributed by atoms with Crippen LogP contribution in [0.2, 0.25) is 0 Å². The van der Waals surface area contributed by atoms with Crippen molar-refractivity contribution in [2.24, 2.45) is 0 Å². The number of anilines is 1. The molecule has 0 atom stereocenters. The molecule has 1 aromatic heterocycles. The van der Waals surface area contributed by atoms with Crippen molar-refractivity contribution in [2.45, 2.75) is 43.5 Å². The molecular weight excluding hydrogens is 404 g/mol. The molecule has 0 unspecified atom stereocenters. The molecule has 2 aromatic carbocycles. The van der Waals surface area contributed by atoms with Gasteiger partial charge < -0.3 is 5.32 Å². The van der Waals surface area contributed by atoms with Gasteiger partial charge in [-0.1, -0.05) is 47.4 Å². The maximum absolute atomic E-state index is 12.9. The Morgan fingerprint density at radius 2 is 1.86 bits per heavy atom. The molecule has 2 N–H and O–H groups in total. The lowest BCUT2D eigenvalue weighted by Gasteiger charge is -2.19. The quantitative estimate of drug-likeness (QED) is 0.475. The summed E-state index contributed by atoms with van der Waals surface area (Å²) in [6.07, 6.45) is 2.05. The Bertz CT molecular complexity index is 1090. The highest BCUT2D eigenvalue weighted by molar-refractivity contribution is 8.01. The number of thioether (sulfide) groups is 1. The third-order valence-electron chi connectivity index (χ3n) is 4.59. The first-order valence-electron chi connectivity index (χ1n) is 9.42. The number of hydrogen-bond acceptors (Lipinski definition) is 6. The summed E-state index contributed by atoms with van der Waals surface area (Å²) in [4.78, 5) is 24.8. The second kappa shape index (κ2) is 7.76. The standard InChI is InChI=1S/C21H22N4O2S2/c1-21(2,3)23-16(26)11-28-20-25-24-19(29-20)22-18(27)15-10-9-13-8-7-12-5-4-6-14(15)17(12)13/h4-6,9-10H,7-8,11H2,1-3H3,(H,23,26)(H,22,24,27). The summed E-state index contributed by atoms with van der Waals surface area (Å²) in [7, 11) is 0. The lowest BCUT2D eigenvalue weighted by Crippen LogP contribution is -2.41. The number of aryl methyl sites for hydroxylation is 2. The van der Waals surface area contributed by atoms with Crippen molar-refractivity contribution in [3.05, 3.63) is 47.0 Å². The molecule has 0 fully saturated rings. The maximum Gasteiger partial charge on any atom is 0.258 e. The van der Waals surface area contributed by atoms with Crippen LogP contribution in [0.25, 0.3) is 10.8 Å². The molecule has 3 aromatic rings. The third-order valence-corrected chi connectivity index (χ3v) is 6.56. The van der Waals surface area contributed by atoms with Gasteiger partial charge in [-0.05, 0) is 61.6 Å². The first kappa shape index (κ1) is 19.8. The SMILES string of the molecule is CC(C)(C)NC(=O)CSc1nnc(NC(=O)c2ccc3c4c(cccc24)CC3)s1. The van der Waals surface area contributed by atoms with Crippen LogP contribution in [-0.2, 0) is 17.6 Å². The number of hydrogen-bond donors (Lipinski definition) is 2. The van der Waals surface area contributed by atoms with Crippen molar-refractivity contribution >= 4 is 50.8 Å². The molecule has 8 heteroatoms. The fourth-order valence-corrected chi connectivity index (χ4v) is 5.06. The van der Waals surface area contributed by atoms with Gasteiger partial charge in [0.2, 0.25) is 11.0 Å². The van der Waals surface area contributed by atoms with Gasteiger partial charge in [0.1, 0.15) is 0 Å². The molecule has 0 saturated heterocycles. The Morgan fingerprint density at radius 3 is 2.62 bits per heavy atom. The van der Waals surface area contributed by atoms with Crippen molar-refractivity contribution in [3.63, 3.8) is 0 Å². The summed E-state index contributed by atoms with van der Waals surface area (Å²) in [6, 6.07) is 10.1. The fourth-order valence-electron chi connectivity index (χ4n) is 3.51. The molecule has 6 nitrogen and oxygen atoms in total. The normalized spacial score (nSPS) is 12.9. The number of nitrogens with zero attached hydrogens (tertiary/aromatic N) is 2. The van der Waals surface area contributed by atoms with Gasteiger partial charge in [-0.15, -0.1) is 10.2 Å². The maximum atomic E-state index is 12.9. The van der Waals surface area contributed by atoms with Crippen LogP contribution in [0.4, 0.5) is 5.13 Å². The van der Waals surface area contributed by atoms with Crippen molar-refractivity contribution in [3.8, 4) is 0 Å². The molecule has 1 aliphatic rings. The highest BCUT2D eigenvalue weighted by Gasteiger charge is 2.20. The number of nitrogens with one attached hydrogen (secondary N) is 2. The molecular formula is C21H22N4O2S2. The summed E-state index contributed by atoms with van der Waals surface area (Å²) in [5.74, 6) is 0.00398. The smallest absolute Gasteiger partial charge is 0.258 e. The van der Waals surface area contributed by atoms with Gasteiger partial charge in [-0.3, -0.25) is 14.9 Å². The number of aromatic nitrogens is 2. The van der Waals surface area contributed by atoms with Gasteiger partial charge in [0.15, 0.2) is 4.34 Å². The molecule has 29 heavy (non-hydrogen) atoms. The number of rotatable bonds is 5. The predicted octanol–water partition coefficient (Wildman–Crippen LogP) is 4.05. The minimum atomic E-state index is -0.266. The summed E-state index contributed by atoms with van der Waals surface area (Å²) in [5.41, 5.74) is 2.98. The second-order valence-electron chi connectivity index (χ2n) is 8.03. The van der Waals surface area contributed by atoms with Crippen molar-refractivity contribution < 1.29 is 9.59 Å². The van der Waals surface area contributed by atoms with E-state index in [1.165, 1.54) is 39.6 Å². The van der Waals surface area contributed by atoms with Crippen LogP contribution < -0.4 is 10.6 Å². The summed E-state index contributed by atoms with van der Waals surface area (Å²) in [5, 5.41) is 16.5. The average Bonchev–Trinajstić information content (AvgIpc) is 3.27. The zero-order valence-corrected chi connectivity index (χ0v) is 18.2. The van der Waals surface area contributed by atoms with Crippen LogP contribution in [0.1, 0.15) is 42.3 Å². The van der Waals surface area contributed by atoms with E-state index in [-0.39, 0.29) is 23.1 Å². The molecule has 0 spiro atoms. The van der Waals surface area contributed by atoms with Gasteiger partial charge in [0, 0.05) is 11.1 Å². The van der Waals surface area contributed by atoms with Crippen LogP contribution in [0, 0.1) is 0 Å². The number of carbonyl (C=O) groups excluding carboxylic acids is 2. The van der Waals surface area contributed by atoms with Gasteiger partial charge in [0.05, 0.1) is 5.75 Å². The van der Waals surface area contributed by atoms with Crippen LogP contribution in [0.5, 0.6) is 0 Å². The highest BCUT2D eigenvalue weighted by atomic mass is 32.2. The zero-order chi connectivity index (χ0) is 20.6. The van der Waals surface area contributed by atoms with E-state index in [4.69, 9.17) is 0 Å². The van der Waals surface area contributed by atoms with Gasteiger partial charge >= 0.3 is 0 Å². The molecule has 0 bridgehead atoms. The van der Waals surface area contributed by atoms with E-state index in [0.29, 0.717) is 15.0 Å². The molecule has 150 valence electrons. The zero-order valence-electron chi connectivity index (χ0n) is 16.5. The Hall–Kier alpha value is -2.45. The number of benzene rings is 2. The third kappa shape index (κ3) is 4.43. The first-order valence-corrected chi connectivity index (χ1v) is 11.2. The molecule has 0 saturated carbocycles. The molecule has 0 aliphatic heterocycles. The van der Waals surface area contributed by atoms with Gasteiger partial charge in [0.25, 0.3) is 5.91 Å². The van der Waals surface area contributed by atoms with Crippen molar-refractivity contribution in [1.82, 2.24) is 15.5 Å². The minimum absolute atomic E-state index is 0.0591. The van der Waals surface area contributed by atoms with E-state index in [2.05, 4.69) is 26.9 Å². The van der Waals surface area contributed by atoms with E-state index in [1.807, 2.05) is 45.0 Å². The molecule has 0 radical (unpaired) electrons. The largest absolute Gasteiger partial charge is 0.351 e. The van der Waals surface area contributed by atoms with Crippen LogP contribution >= 0.6 is 23.1 Å². The Labute approximate surface area is 177 Å². The van der Waals surface area contributed by atoms with E-state index >= 15 is 0 Å². The monoisotopic (exact) mass is 426 g/mol. The Morgan fingerprint density at radius 1 is 1.10 bits per heavy atom. The highest BCUT2D eigenvalue weighted by Crippen LogP contribution is 2.33. The minimum Gasteiger partial charge on any atom is -0.351 e. The van der Waals surface area contributed by atoms with Crippen LogP contribution in [0.15, 0.2) is 34.7 Å². The summed E-state index contributed by atoms with van der Waals surface area (Å²) < 4.78 is 0.643. The van der Waals surface area contributed by atoms with Crippen molar-refractivity contribution in [1.29, 1.82) is 0 Å². The average molecular weight is 427 g/mol. The van der Waals surface area contributed by atoms with E-state index in [0.717, 1.165) is 18.2 Å². The predicted molar refractivity (Wildman–Crippen MR) is 118 cm³/mol. The lowest BCUT2D eigenvalue weighted by molar-refractivity contribution is -0.119. The van der Waals surface area contributed by atoms with E-state index in [9.17, 15) is 9.59 Å². The fraction of sp³-hybridized carbons (Fsp3) is 0.333. The lowest BCUT2D eigenvalue weighted by atomic mass is 9.99. The molecule has 1 heterocycles. The molecule has 2 amide bonds. The molecule has 4 rings (SSSR count). The first-order chi connectivity index (χ1) is 13.8. The molecule has 1 aliphatic carbocycles. The summed E-state index contributed by atoms with van der Waals surface area (Å²) in [6.45, 7) is 5.82. The number of carbonyl (C=O) groups is 2. The van der Waals surface area contributed by atoms with E-state index in [1.54, 1.807) is 0 Å². The van der Waals surface area contributed by atoms with Gasteiger partial charge in [-0.25, -0.2) is 0 Å². The Balaban J connectivity index is 1.44. The Kier molecular flexibility index (Phi) is 5.31. The van der Waals surface area contributed by atoms with Crippen LogP contribution in [-0.4, -0.2) is 33.3 Å². The topological polar surface area (TPSA) is 84.0 Å². The summed E-state index contributed by atoms with van der Waals surface area (Å²) >= 11 is 2.58. The van der Waals surface area contributed by atoms with Gasteiger partial charge in [-0.2, -0.15) is 0 Å². The number of amides is 2. The van der Waals surface area contributed by atoms with Crippen LogP contribution in [0.3, 0.4) is 0 Å². The van der Waals surface area contributed by atoms with Crippen molar-refractivity contribution in [2.75, 3.05) is 11.1 Å².